The maximum absolute atomic E-state index is 4.22. The highest BCUT2D eigenvalue weighted by Crippen LogP contribution is 2.12. The molecule has 0 aliphatic rings. The lowest BCUT2D eigenvalue weighted by atomic mass is 10.1. The van der Waals surface area contributed by atoms with Crippen LogP contribution >= 0.6 is 0 Å². The molecule has 0 saturated carbocycles. The van der Waals surface area contributed by atoms with Gasteiger partial charge in [0.25, 0.3) is 0 Å². The van der Waals surface area contributed by atoms with Crippen LogP contribution in [0, 0.1) is 5.92 Å². The van der Waals surface area contributed by atoms with Gasteiger partial charge in [0.05, 0.1) is 11.4 Å². The molecular formula is C11H21N3. The highest BCUT2D eigenvalue weighted by molar-refractivity contribution is 5.10. The maximum atomic E-state index is 4.22. The van der Waals surface area contributed by atoms with Crippen LogP contribution in [0.1, 0.15) is 45.5 Å². The number of hydrogen-bond acceptors (Lipinski definition) is 2. The van der Waals surface area contributed by atoms with E-state index in [-0.39, 0.29) is 0 Å². The van der Waals surface area contributed by atoms with Gasteiger partial charge >= 0.3 is 0 Å². The number of nitrogens with zero attached hydrogens (tertiary/aromatic N) is 3. The third-order valence-electron chi connectivity index (χ3n) is 2.29. The van der Waals surface area contributed by atoms with Gasteiger partial charge < -0.3 is 0 Å². The van der Waals surface area contributed by atoms with Crippen LogP contribution in [0.15, 0.2) is 0 Å². The fourth-order valence-electron chi connectivity index (χ4n) is 1.64. The van der Waals surface area contributed by atoms with E-state index in [0.29, 0.717) is 5.92 Å². The molecule has 1 rings (SSSR count). The minimum atomic E-state index is 0.675. The summed E-state index contributed by atoms with van der Waals surface area (Å²) in [7, 11) is 0. The molecule has 1 aromatic rings. The zero-order valence-corrected chi connectivity index (χ0v) is 9.75. The van der Waals surface area contributed by atoms with Gasteiger partial charge in [0.2, 0.25) is 0 Å². The molecule has 0 unspecified atom stereocenters. The van der Waals surface area contributed by atoms with Gasteiger partial charge in [-0.15, -0.1) is 5.10 Å². The Bertz CT molecular complexity index is 276. The smallest absolute Gasteiger partial charge is 0.0856 e. The van der Waals surface area contributed by atoms with E-state index in [2.05, 4.69) is 42.7 Å². The molecule has 1 aromatic heterocycles. The van der Waals surface area contributed by atoms with Gasteiger partial charge in [0, 0.05) is 6.54 Å². The minimum Gasteiger partial charge on any atom is -0.249 e. The molecule has 0 saturated heterocycles. The zero-order chi connectivity index (χ0) is 10.6. The first kappa shape index (κ1) is 11.2. The molecule has 0 aliphatic heterocycles. The summed E-state index contributed by atoms with van der Waals surface area (Å²) in [6, 6.07) is 0. The van der Waals surface area contributed by atoms with Gasteiger partial charge in [-0.2, -0.15) is 0 Å². The summed E-state index contributed by atoms with van der Waals surface area (Å²) in [6.45, 7) is 9.79. The van der Waals surface area contributed by atoms with Crippen molar-refractivity contribution in [1.82, 2.24) is 15.0 Å². The van der Waals surface area contributed by atoms with E-state index in [1.165, 1.54) is 11.4 Å². The zero-order valence-electron chi connectivity index (χ0n) is 9.75. The van der Waals surface area contributed by atoms with Gasteiger partial charge in [-0.1, -0.05) is 32.9 Å². The van der Waals surface area contributed by atoms with Crippen molar-refractivity contribution in [3.8, 4) is 0 Å². The van der Waals surface area contributed by atoms with Crippen LogP contribution in [0.2, 0.25) is 0 Å². The van der Waals surface area contributed by atoms with E-state index in [0.717, 1.165) is 25.8 Å². The lowest BCUT2D eigenvalue weighted by molar-refractivity contribution is 0.526. The standard InChI is InChI=1S/C11H21N3/c1-5-7-14-11(8-9(3)4)10(6-2)12-13-14/h9H,5-8H2,1-4H3. The van der Waals surface area contributed by atoms with Crippen molar-refractivity contribution in [3.63, 3.8) is 0 Å². The van der Waals surface area contributed by atoms with Gasteiger partial charge in [-0.25, -0.2) is 4.68 Å². The van der Waals surface area contributed by atoms with E-state index >= 15 is 0 Å². The molecule has 1 heterocycles. The van der Waals surface area contributed by atoms with E-state index in [1.807, 2.05) is 0 Å². The fraction of sp³-hybridized carbons (Fsp3) is 0.818. The molecule has 0 N–H and O–H groups in total. The summed E-state index contributed by atoms with van der Waals surface area (Å²) < 4.78 is 2.07. The summed E-state index contributed by atoms with van der Waals surface area (Å²) in [5, 5.41) is 8.42. The first-order chi connectivity index (χ1) is 6.69. The molecule has 3 heteroatoms. The molecule has 0 aliphatic carbocycles. The van der Waals surface area contributed by atoms with Gasteiger partial charge in [-0.05, 0) is 25.2 Å². The van der Waals surface area contributed by atoms with Crippen molar-refractivity contribution in [2.45, 2.75) is 53.5 Å². The van der Waals surface area contributed by atoms with Crippen molar-refractivity contribution in [1.29, 1.82) is 0 Å². The number of aryl methyl sites for hydroxylation is 2. The molecule has 0 spiro atoms. The normalized spacial score (nSPS) is 11.2. The minimum absolute atomic E-state index is 0.675. The van der Waals surface area contributed by atoms with Crippen LogP contribution in [0.3, 0.4) is 0 Å². The Morgan fingerprint density at radius 1 is 1.29 bits per heavy atom. The molecule has 14 heavy (non-hydrogen) atoms. The Balaban J connectivity index is 2.87. The van der Waals surface area contributed by atoms with Crippen LogP contribution in [0.5, 0.6) is 0 Å². The third-order valence-corrected chi connectivity index (χ3v) is 2.29. The first-order valence-electron chi connectivity index (χ1n) is 5.60. The summed E-state index contributed by atoms with van der Waals surface area (Å²) in [5.74, 6) is 0.675. The average molecular weight is 195 g/mol. The quantitative estimate of drug-likeness (QED) is 0.722. The molecule has 80 valence electrons. The molecular weight excluding hydrogens is 174 g/mol. The SMILES string of the molecule is CCCn1nnc(CC)c1CC(C)C. The van der Waals surface area contributed by atoms with Gasteiger partial charge in [0.1, 0.15) is 0 Å². The predicted octanol–water partition coefficient (Wildman–Crippen LogP) is 2.45. The first-order valence-corrected chi connectivity index (χ1v) is 5.60. The summed E-state index contributed by atoms with van der Waals surface area (Å²) >= 11 is 0. The Hall–Kier alpha value is -0.860. The predicted molar refractivity (Wildman–Crippen MR) is 58.2 cm³/mol. The molecule has 0 fully saturated rings. The van der Waals surface area contributed by atoms with Crippen LogP contribution in [0.25, 0.3) is 0 Å². The lowest BCUT2D eigenvalue weighted by Gasteiger charge is -2.08. The van der Waals surface area contributed by atoms with Crippen molar-refractivity contribution in [2.24, 2.45) is 5.92 Å². The Labute approximate surface area is 86.5 Å². The van der Waals surface area contributed by atoms with Crippen LogP contribution in [-0.2, 0) is 19.4 Å². The Morgan fingerprint density at radius 3 is 2.50 bits per heavy atom. The topological polar surface area (TPSA) is 30.7 Å². The third kappa shape index (κ3) is 2.56. The monoisotopic (exact) mass is 195 g/mol. The molecule has 0 atom stereocenters. The molecule has 0 bridgehead atoms. The molecule has 0 amide bonds. The molecule has 0 radical (unpaired) electrons. The molecule has 3 nitrogen and oxygen atoms in total. The van der Waals surface area contributed by atoms with Crippen molar-refractivity contribution < 1.29 is 0 Å². The summed E-state index contributed by atoms with van der Waals surface area (Å²) in [6.07, 6.45) is 3.21. The van der Waals surface area contributed by atoms with Crippen LogP contribution in [0.4, 0.5) is 0 Å². The van der Waals surface area contributed by atoms with Crippen LogP contribution in [-0.4, -0.2) is 15.0 Å². The van der Waals surface area contributed by atoms with Crippen LogP contribution < -0.4 is 0 Å². The van der Waals surface area contributed by atoms with E-state index in [1.54, 1.807) is 0 Å². The maximum Gasteiger partial charge on any atom is 0.0856 e. The van der Waals surface area contributed by atoms with Crippen molar-refractivity contribution >= 4 is 0 Å². The number of hydrogen-bond donors (Lipinski definition) is 0. The highest BCUT2D eigenvalue weighted by atomic mass is 15.4. The Morgan fingerprint density at radius 2 is 2.00 bits per heavy atom. The van der Waals surface area contributed by atoms with E-state index < -0.39 is 0 Å². The molecule has 0 aromatic carbocycles. The van der Waals surface area contributed by atoms with E-state index in [4.69, 9.17) is 0 Å². The van der Waals surface area contributed by atoms with E-state index in [9.17, 15) is 0 Å². The Kier molecular flexibility index (Phi) is 4.11. The number of aromatic nitrogens is 3. The van der Waals surface area contributed by atoms with Crippen molar-refractivity contribution in [2.75, 3.05) is 0 Å². The average Bonchev–Trinajstić information content (AvgIpc) is 2.48. The lowest BCUT2D eigenvalue weighted by Crippen LogP contribution is -2.08. The second kappa shape index (κ2) is 5.13. The van der Waals surface area contributed by atoms with Gasteiger partial charge in [-0.3, -0.25) is 0 Å². The highest BCUT2D eigenvalue weighted by Gasteiger charge is 2.11. The summed E-state index contributed by atoms with van der Waals surface area (Å²) in [4.78, 5) is 0. The fourth-order valence-corrected chi connectivity index (χ4v) is 1.64. The summed E-state index contributed by atoms with van der Waals surface area (Å²) in [5.41, 5.74) is 2.51. The van der Waals surface area contributed by atoms with Gasteiger partial charge in [0.15, 0.2) is 0 Å². The van der Waals surface area contributed by atoms with Crippen molar-refractivity contribution in [3.05, 3.63) is 11.4 Å². The number of rotatable bonds is 5. The second-order valence-electron chi connectivity index (χ2n) is 4.16. The second-order valence-corrected chi connectivity index (χ2v) is 4.16. The largest absolute Gasteiger partial charge is 0.249 e.